The molecule has 0 aliphatic heterocycles. The number of anilines is 1. The van der Waals surface area contributed by atoms with Crippen LogP contribution in [0.25, 0.3) is 0 Å². The molecule has 2 rings (SSSR count). The lowest BCUT2D eigenvalue weighted by atomic mass is 9.82. The molecule has 2 amide bonds. The molecule has 2 atom stereocenters. The lowest BCUT2D eigenvalue weighted by molar-refractivity contribution is -0.146. The van der Waals surface area contributed by atoms with Crippen LogP contribution in [0.15, 0.2) is 30.4 Å². The molecule has 0 saturated carbocycles. The predicted octanol–water partition coefficient (Wildman–Crippen LogP) is 3.33. The quantitative estimate of drug-likeness (QED) is 0.661. The molecule has 0 saturated heterocycles. The van der Waals surface area contributed by atoms with Crippen LogP contribution in [0, 0.1) is 17.8 Å². The standard InChI is InChI=1S/C19H23ClN2O4/c1-11(2)10-21-17(23)15-8-7-12(9-16(15)20)22-18(24)13-5-3-4-6-14(13)19(25)26/h3-4,7-9,11,13-14H,5-6,10H2,1-2H3,(H,21,23)(H,22,24)(H,25,26). The first-order valence-electron chi connectivity index (χ1n) is 8.56. The molecule has 0 aromatic heterocycles. The molecule has 1 aliphatic carbocycles. The number of aliphatic carboxylic acids is 1. The molecule has 0 bridgehead atoms. The summed E-state index contributed by atoms with van der Waals surface area (Å²) < 4.78 is 0. The van der Waals surface area contributed by atoms with Crippen LogP contribution in [0.1, 0.15) is 37.0 Å². The first-order valence-corrected chi connectivity index (χ1v) is 8.93. The zero-order valence-corrected chi connectivity index (χ0v) is 15.5. The lowest BCUT2D eigenvalue weighted by Crippen LogP contribution is -2.34. The number of carbonyl (C=O) groups excluding carboxylic acids is 2. The van der Waals surface area contributed by atoms with Gasteiger partial charge >= 0.3 is 5.97 Å². The van der Waals surface area contributed by atoms with E-state index in [1.54, 1.807) is 18.2 Å². The summed E-state index contributed by atoms with van der Waals surface area (Å²) in [6, 6.07) is 4.63. The molecule has 0 radical (unpaired) electrons. The summed E-state index contributed by atoms with van der Waals surface area (Å²) in [5, 5.41) is 15.0. The number of hydrogen-bond acceptors (Lipinski definition) is 3. The molecule has 26 heavy (non-hydrogen) atoms. The third kappa shape index (κ3) is 5.08. The Morgan fingerprint density at radius 2 is 1.85 bits per heavy atom. The molecule has 2 unspecified atom stereocenters. The Bertz CT molecular complexity index is 730. The van der Waals surface area contributed by atoms with Gasteiger partial charge < -0.3 is 15.7 Å². The maximum absolute atomic E-state index is 12.5. The highest BCUT2D eigenvalue weighted by molar-refractivity contribution is 6.34. The van der Waals surface area contributed by atoms with Crippen molar-refractivity contribution in [2.24, 2.45) is 17.8 Å². The Morgan fingerprint density at radius 1 is 1.19 bits per heavy atom. The number of carboxylic acids is 1. The van der Waals surface area contributed by atoms with Crippen LogP contribution < -0.4 is 10.6 Å². The minimum Gasteiger partial charge on any atom is -0.481 e. The van der Waals surface area contributed by atoms with Gasteiger partial charge in [-0.15, -0.1) is 0 Å². The number of carbonyl (C=O) groups is 3. The Balaban J connectivity index is 2.07. The molecule has 1 aromatic rings. The monoisotopic (exact) mass is 378 g/mol. The van der Waals surface area contributed by atoms with Crippen molar-refractivity contribution in [3.05, 3.63) is 40.9 Å². The van der Waals surface area contributed by atoms with Gasteiger partial charge in [0.15, 0.2) is 0 Å². The second kappa shape index (κ2) is 8.85. The van der Waals surface area contributed by atoms with Crippen molar-refractivity contribution < 1.29 is 19.5 Å². The Kier molecular flexibility index (Phi) is 6.80. The van der Waals surface area contributed by atoms with E-state index in [0.29, 0.717) is 36.6 Å². The summed E-state index contributed by atoms with van der Waals surface area (Å²) in [7, 11) is 0. The van der Waals surface area contributed by atoms with E-state index in [-0.39, 0.29) is 16.8 Å². The van der Waals surface area contributed by atoms with Gasteiger partial charge in [-0.25, -0.2) is 0 Å². The van der Waals surface area contributed by atoms with Crippen molar-refractivity contribution >= 4 is 35.1 Å². The number of rotatable bonds is 6. The molecule has 1 aliphatic rings. The maximum atomic E-state index is 12.5. The normalized spacial score (nSPS) is 19.2. The van der Waals surface area contributed by atoms with Crippen LogP contribution >= 0.6 is 11.6 Å². The minimum atomic E-state index is -0.982. The van der Waals surface area contributed by atoms with Crippen molar-refractivity contribution in [2.45, 2.75) is 26.7 Å². The zero-order valence-electron chi connectivity index (χ0n) is 14.8. The molecule has 6 nitrogen and oxygen atoms in total. The van der Waals surface area contributed by atoms with Crippen molar-refractivity contribution in [1.82, 2.24) is 5.32 Å². The van der Waals surface area contributed by atoms with Gasteiger partial charge in [0.2, 0.25) is 5.91 Å². The van der Waals surface area contributed by atoms with E-state index in [1.807, 2.05) is 19.9 Å². The smallest absolute Gasteiger partial charge is 0.307 e. The van der Waals surface area contributed by atoms with E-state index < -0.39 is 17.8 Å². The van der Waals surface area contributed by atoms with Crippen LogP contribution in [0.2, 0.25) is 5.02 Å². The third-order valence-electron chi connectivity index (χ3n) is 4.24. The fourth-order valence-corrected chi connectivity index (χ4v) is 3.05. The lowest BCUT2D eigenvalue weighted by Gasteiger charge is -2.24. The van der Waals surface area contributed by atoms with E-state index in [4.69, 9.17) is 11.6 Å². The molecule has 140 valence electrons. The highest BCUT2D eigenvalue weighted by Gasteiger charge is 2.34. The highest BCUT2D eigenvalue weighted by Crippen LogP contribution is 2.28. The first-order chi connectivity index (χ1) is 12.3. The molecular weight excluding hydrogens is 356 g/mol. The molecule has 1 aromatic carbocycles. The van der Waals surface area contributed by atoms with E-state index >= 15 is 0 Å². The van der Waals surface area contributed by atoms with Crippen LogP contribution in [0.5, 0.6) is 0 Å². The molecule has 7 heteroatoms. The summed E-state index contributed by atoms with van der Waals surface area (Å²) in [6.07, 6.45) is 4.32. The van der Waals surface area contributed by atoms with Gasteiger partial charge in [0.05, 0.1) is 22.4 Å². The zero-order chi connectivity index (χ0) is 19.3. The van der Waals surface area contributed by atoms with E-state index in [0.717, 1.165) is 0 Å². The summed E-state index contributed by atoms with van der Waals surface area (Å²) >= 11 is 6.17. The summed E-state index contributed by atoms with van der Waals surface area (Å²) in [5.41, 5.74) is 0.758. The number of allylic oxidation sites excluding steroid dienone is 2. The summed E-state index contributed by atoms with van der Waals surface area (Å²) in [5.74, 6) is -2.67. The first kappa shape index (κ1) is 20.0. The number of benzene rings is 1. The largest absolute Gasteiger partial charge is 0.481 e. The second-order valence-corrected chi connectivity index (χ2v) is 7.19. The van der Waals surface area contributed by atoms with Crippen LogP contribution in [-0.2, 0) is 9.59 Å². The summed E-state index contributed by atoms with van der Waals surface area (Å²) in [4.78, 5) is 35.9. The van der Waals surface area contributed by atoms with E-state index in [9.17, 15) is 19.5 Å². The number of halogens is 1. The van der Waals surface area contributed by atoms with Gasteiger partial charge in [-0.05, 0) is 37.0 Å². The Morgan fingerprint density at radius 3 is 2.42 bits per heavy atom. The molecule has 0 heterocycles. The number of hydrogen-bond donors (Lipinski definition) is 3. The fraction of sp³-hybridized carbons (Fsp3) is 0.421. The second-order valence-electron chi connectivity index (χ2n) is 6.78. The minimum absolute atomic E-state index is 0.224. The molecule has 0 fully saturated rings. The van der Waals surface area contributed by atoms with Crippen molar-refractivity contribution in [3.63, 3.8) is 0 Å². The van der Waals surface area contributed by atoms with Crippen LogP contribution in [0.4, 0.5) is 5.69 Å². The predicted molar refractivity (Wildman–Crippen MR) is 100 cm³/mol. The third-order valence-corrected chi connectivity index (χ3v) is 4.55. The SMILES string of the molecule is CC(C)CNC(=O)c1ccc(NC(=O)C2CC=CCC2C(=O)O)cc1Cl. The topological polar surface area (TPSA) is 95.5 Å². The number of amides is 2. The van der Waals surface area contributed by atoms with E-state index in [1.165, 1.54) is 6.07 Å². The molecular formula is C19H23ClN2O4. The number of nitrogens with one attached hydrogen (secondary N) is 2. The Hall–Kier alpha value is -2.34. The highest BCUT2D eigenvalue weighted by atomic mass is 35.5. The average Bonchev–Trinajstić information content (AvgIpc) is 2.59. The average molecular weight is 379 g/mol. The van der Waals surface area contributed by atoms with Gasteiger partial charge in [0, 0.05) is 12.2 Å². The van der Waals surface area contributed by atoms with Gasteiger partial charge in [-0.2, -0.15) is 0 Å². The van der Waals surface area contributed by atoms with Crippen molar-refractivity contribution in [2.75, 3.05) is 11.9 Å². The maximum Gasteiger partial charge on any atom is 0.307 e. The fourth-order valence-electron chi connectivity index (χ4n) is 2.78. The molecule has 3 N–H and O–H groups in total. The van der Waals surface area contributed by atoms with Crippen molar-refractivity contribution in [3.8, 4) is 0 Å². The van der Waals surface area contributed by atoms with Gasteiger partial charge in [-0.1, -0.05) is 37.6 Å². The van der Waals surface area contributed by atoms with Gasteiger partial charge in [0.25, 0.3) is 5.91 Å². The molecule has 0 spiro atoms. The van der Waals surface area contributed by atoms with Crippen LogP contribution in [0.3, 0.4) is 0 Å². The Labute approximate surface area is 157 Å². The van der Waals surface area contributed by atoms with Crippen LogP contribution in [-0.4, -0.2) is 29.4 Å². The number of carboxylic acid groups (broad SMARTS) is 1. The van der Waals surface area contributed by atoms with E-state index in [2.05, 4.69) is 10.6 Å². The van der Waals surface area contributed by atoms with Gasteiger partial charge in [-0.3, -0.25) is 14.4 Å². The van der Waals surface area contributed by atoms with Crippen molar-refractivity contribution in [1.29, 1.82) is 0 Å². The summed E-state index contributed by atoms with van der Waals surface area (Å²) in [6.45, 7) is 4.52. The van der Waals surface area contributed by atoms with Gasteiger partial charge in [0.1, 0.15) is 0 Å².